The van der Waals surface area contributed by atoms with Crippen molar-refractivity contribution in [1.29, 1.82) is 0 Å². The Morgan fingerprint density at radius 1 is 1.00 bits per heavy atom. The van der Waals surface area contributed by atoms with E-state index in [-0.39, 0.29) is 6.04 Å². The van der Waals surface area contributed by atoms with Crippen molar-refractivity contribution in [2.75, 3.05) is 13.7 Å². The highest BCUT2D eigenvalue weighted by Gasteiger charge is 2.08. The minimum atomic E-state index is -0.174. The van der Waals surface area contributed by atoms with E-state index < -0.39 is 0 Å². The van der Waals surface area contributed by atoms with Gasteiger partial charge in [-0.2, -0.15) is 0 Å². The molecule has 0 saturated heterocycles. The molecular weight excluding hydrogens is 250 g/mol. The molecular formula is C17H21NO2. The average molecular weight is 271 g/mol. The standard InChI is InChI=1S/C17H21NO2/c1-12-7-8-16(9-13(12)2)20-11-17(18)14-5-4-6-15(10-14)19-3/h4-10,17H,11,18H2,1-3H3. The van der Waals surface area contributed by atoms with Crippen molar-refractivity contribution < 1.29 is 9.47 Å². The van der Waals surface area contributed by atoms with E-state index in [0.717, 1.165) is 17.1 Å². The highest BCUT2D eigenvalue weighted by atomic mass is 16.5. The lowest BCUT2D eigenvalue weighted by molar-refractivity contribution is 0.290. The molecule has 0 aromatic heterocycles. The number of hydrogen-bond acceptors (Lipinski definition) is 3. The fourth-order valence-corrected chi connectivity index (χ4v) is 1.96. The zero-order chi connectivity index (χ0) is 14.5. The summed E-state index contributed by atoms with van der Waals surface area (Å²) >= 11 is 0. The van der Waals surface area contributed by atoms with E-state index in [4.69, 9.17) is 15.2 Å². The first kappa shape index (κ1) is 14.4. The predicted octanol–water partition coefficient (Wildman–Crippen LogP) is 3.39. The van der Waals surface area contributed by atoms with Gasteiger partial charge in [0.05, 0.1) is 13.2 Å². The molecule has 0 aliphatic heterocycles. The summed E-state index contributed by atoms with van der Waals surface area (Å²) in [5.41, 5.74) is 9.64. The second-order valence-electron chi connectivity index (χ2n) is 4.94. The minimum absolute atomic E-state index is 0.174. The Morgan fingerprint density at radius 2 is 1.80 bits per heavy atom. The van der Waals surface area contributed by atoms with Crippen molar-refractivity contribution in [1.82, 2.24) is 0 Å². The van der Waals surface area contributed by atoms with Crippen molar-refractivity contribution in [3.63, 3.8) is 0 Å². The molecule has 3 nitrogen and oxygen atoms in total. The monoisotopic (exact) mass is 271 g/mol. The Hall–Kier alpha value is -2.00. The first-order valence-corrected chi connectivity index (χ1v) is 6.69. The van der Waals surface area contributed by atoms with Gasteiger partial charge in [0, 0.05) is 0 Å². The van der Waals surface area contributed by atoms with Crippen LogP contribution in [0.3, 0.4) is 0 Å². The van der Waals surface area contributed by atoms with Crippen molar-refractivity contribution in [3.8, 4) is 11.5 Å². The van der Waals surface area contributed by atoms with E-state index in [2.05, 4.69) is 19.9 Å². The Labute approximate surface area is 120 Å². The van der Waals surface area contributed by atoms with Gasteiger partial charge in [0.2, 0.25) is 0 Å². The third kappa shape index (κ3) is 3.52. The Kier molecular flexibility index (Phi) is 4.64. The molecule has 0 heterocycles. The van der Waals surface area contributed by atoms with E-state index >= 15 is 0 Å². The van der Waals surface area contributed by atoms with Crippen LogP contribution in [-0.4, -0.2) is 13.7 Å². The SMILES string of the molecule is COc1cccc(C(N)COc2ccc(C)c(C)c2)c1. The van der Waals surface area contributed by atoms with Crippen molar-refractivity contribution >= 4 is 0 Å². The molecule has 0 amide bonds. The van der Waals surface area contributed by atoms with E-state index in [0.29, 0.717) is 6.61 Å². The summed E-state index contributed by atoms with van der Waals surface area (Å²) in [5, 5.41) is 0. The van der Waals surface area contributed by atoms with Gasteiger partial charge in [0.25, 0.3) is 0 Å². The minimum Gasteiger partial charge on any atom is -0.497 e. The second-order valence-corrected chi connectivity index (χ2v) is 4.94. The summed E-state index contributed by atoms with van der Waals surface area (Å²) in [6.45, 7) is 4.60. The Balaban J connectivity index is 2.00. The molecule has 0 bridgehead atoms. The van der Waals surface area contributed by atoms with Crippen LogP contribution in [0.15, 0.2) is 42.5 Å². The summed E-state index contributed by atoms with van der Waals surface area (Å²) in [5.74, 6) is 1.66. The number of nitrogens with two attached hydrogens (primary N) is 1. The lowest BCUT2D eigenvalue weighted by Gasteiger charge is -2.15. The van der Waals surface area contributed by atoms with E-state index in [1.54, 1.807) is 7.11 Å². The molecule has 0 spiro atoms. The number of benzene rings is 2. The van der Waals surface area contributed by atoms with Crippen molar-refractivity contribution in [2.24, 2.45) is 5.73 Å². The molecule has 2 aromatic rings. The normalized spacial score (nSPS) is 12.0. The maximum absolute atomic E-state index is 6.15. The summed E-state index contributed by atoms with van der Waals surface area (Å²) in [7, 11) is 1.65. The number of ether oxygens (including phenoxy) is 2. The van der Waals surface area contributed by atoms with Gasteiger partial charge in [-0.05, 0) is 54.8 Å². The van der Waals surface area contributed by atoms with Crippen LogP contribution in [0.5, 0.6) is 11.5 Å². The highest BCUT2D eigenvalue weighted by molar-refractivity contribution is 5.34. The first-order chi connectivity index (χ1) is 9.60. The van der Waals surface area contributed by atoms with Crippen LogP contribution >= 0.6 is 0 Å². The topological polar surface area (TPSA) is 44.5 Å². The van der Waals surface area contributed by atoms with Crippen LogP contribution in [0.1, 0.15) is 22.7 Å². The molecule has 1 unspecified atom stereocenters. The van der Waals surface area contributed by atoms with Crippen molar-refractivity contribution in [3.05, 3.63) is 59.2 Å². The van der Waals surface area contributed by atoms with Crippen LogP contribution in [0.2, 0.25) is 0 Å². The van der Waals surface area contributed by atoms with Crippen molar-refractivity contribution in [2.45, 2.75) is 19.9 Å². The number of methoxy groups -OCH3 is 1. The molecule has 0 fully saturated rings. The second kappa shape index (κ2) is 6.44. The van der Waals surface area contributed by atoms with Crippen LogP contribution in [0.4, 0.5) is 0 Å². The molecule has 0 aliphatic rings. The van der Waals surface area contributed by atoms with Gasteiger partial charge in [-0.3, -0.25) is 0 Å². The molecule has 0 saturated carbocycles. The lowest BCUT2D eigenvalue weighted by Crippen LogP contribution is -2.19. The molecule has 1 atom stereocenters. The highest BCUT2D eigenvalue weighted by Crippen LogP contribution is 2.20. The average Bonchev–Trinajstić information content (AvgIpc) is 2.48. The van der Waals surface area contributed by atoms with Gasteiger partial charge < -0.3 is 15.2 Å². The van der Waals surface area contributed by atoms with Crippen LogP contribution < -0.4 is 15.2 Å². The Morgan fingerprint density at radius 3 is 2.50 bits per heavy atom. The van der Waals surface area contributed by atoms with Crippen LogP contribution in [0, 0.1) is 13.8 Å². The predicted molar refractivity (Wildman–Crippen MR) is 81.3 cm³/mol. The molecule has 2 rings (SSSR count). The van der Waals surface area contributed by atoms with E-state index in [9.17, 15) is 0 Å². The van der Waals surface area contributed by atoms with E-state index in [1.807, 2.05) is 36.4 Å². The van der Waals surface area contributed by atoms with Gasteiger partial charge >= 0.3 is 0 Å². The molecule has 0 aliphatic carbocycles. The fourth-order valence-electron chi connectivity index (χ4n) is 1.96. The van der Waals surface area contributed by atoms with Crippen LogP contribution in [-0.2, 0) is 0 Å². The van der Waals surface area contributed by atoms with E-state index in [1.165, 1.54) is 11.1 Å². The molecule has 2 aromatic carbocycles. The number of rotatable bonds is 5. The summed E-state index contributed by atoms with van der Waals surface area (Å²) in [6, 6.07) is 13.7. The van der Waals surface area contributed by atoms with Gasteiger partial charge in [-0.1, -0.05) is 18.2 Å². The summed E-state index contributed by atoms with van der Waals surface area (Å²) in [4.78, 5) is 0. The largest absolute Gasteiger partial charge is 0.497 e. The zero-order valence-electron chi connectivity index (χ0n) is 12.2. The molecule has 20 heavy (non-hydrogen) atoms. The molecule has 2 N–H and O–H groups in total. The first-order valence-electron chi connectivity index (χ1n) is 6.69. The number of aryl methyl sites for hydroxylation is 2. The van der Waals surface area contributed by atoms with Gasteiger partial charge in [-0.15, -0.1) is 0 Å². The Bertz CT molecular complexity index is 581. The summed E-state index contributed by atoms with van der Waals surface area (Å²) < 4.78 is 11.0. The van der Waals surface area contributed by atoms with Gasteiger partial charge in [0.15, 0.2) is 0 Å². The molecule has 0 radical (unpaired) electrons. The lowest BCUT2D eigenvalue weighted by atomic mass is 10.1. The summed E-state index contributed by atoms with van der Waals surface area (Å²) in [6.07, 6.45) is 0. The maximum Gasteiger partial charge on any atom is 0.119 e. The molecule has 3 heteroatoms. The van der Waals surface area contributed by atoms with Gasteiger partial charge in [0.1, 0.15) is 18.1 Å². The third-order valence-corrected chi connectivity index (χ3v) is 3.43. The van der Waals surface area contributed by atoms with Crippen LogP contribution in [0.25, 0.3) is 0 Å². The number of hydrogen-bond donors (Lipinski definition) is 1. The molecule has 106 valence electrons. The van der Waals surface area contributed by atoms with Gasteiger partial charge in [-0.25, -0.2) is 0 Å². The zero-order valence-corrected chi connectivity index (χ0v) is 12.2. The maximum atomic E-state index is 6.15. The quantitative estimate of drug-likeness (QED) is 0.906. The smallest absolute Gasteiger partial charge is 0.119 e. The third-order valence-electron chi connectivity index (χ3n) is 3.43. The fraction of sp³-hybridized carbons (Fsp3) is 0.294.